The van der Waals surface area contributed by atoms with Gasteiger partial charge >= 0.3 is 0 Å². The van der Waals surface area contributed by atoms with Gasteiger partial charge in [0, 0.05) is 29.3 Å². The molecule has 10 nitrogen and oxygen atoms in total. The van der Waals surface area contributed by atoms with E-state index in [1.54, 1.807) is 30.3 Å². The van der Waals surface area contributed by atoms with Gasteiger partial charge in [0.25, 0.3) is 0 Å². The minimum Gasteiger partial charge on any atom is -0.508 e. The number of ether oxygens (including phenoxy) is 4. The van der Waals surface area contributed by atoms with Gasteiger partial charge < -0.3 is 43.8 Å². The second-order valence-electron chi connectivity index (χ2n) is 8.13. The van der Waals surface area contributed by atoms with Crippen LogP contribution < -0.4 is 24.4 Å². The Morgan fingerprint density at radius 2 is 1.61 bits per heavy atom. The van der Waals surface area contributed by atoms with E-state index in [9.17, 15) is 25.2 Å². The lowest BCUT2D eigenvalue weighted by atomic mass is 10.0. The predicted octanol–water partition coefficient (Wildman–Crippen LogP) is 3.47. The third kappa shape index (κ3) is 3.87. The Balaban J connectivity index is 1.53. The van der Waals surface area contributed by atoms with E-state index >= 15 is 0 Å². The van der Waals surface area contributed by atoms with Crippen molar-refractivity contribution >= 4 is 11.0 Å². The Hall–Kier alpha value is -4.57. The fourth-order valence-electron chi connectivity index (χ4n) is 4.18. The minimum atomic E-state index is -0.816. The van der Waals surface area contributed by atoms with Gasteiger partial charge in [-0.2, -0.15) is 0 Å². The lowest BCUT2D eigenvalue weighted by molar-refractivity contribution is -0.0124. The van der Waals surface area contributed by atoms with Crippen LogP contribution in [0, 0.1) is 0 Å². The number of aliphatic hydroxyl groups is 1. The summed E-state index contributed by atoms with van der Waals surface area (Å²) in [4.78, 5) is 12.6. The summed E-state index contributed by atoms with van der Waals surface area (Å²) in [5.41, 5.74) is 0.563. The van der Waals surface area contributed by atoms with Gasteiger partial charge in [-0.05, 0) is 30.3 Å². The van der Waals surface area contributed by atoms with Gasteiger partial charge in [0.1, 0.15) is 28.2 Å². The number of benzene rings is 3. The number of rotatable bonds is 5. The van der Waals surface area contributed by atoms with Crippen LogP contribution in [0.2, 0.25) is 0 Å². The maximum atomic E-state index is 12.6. The van der Waals surface area contributed by atoms with E-state index in [0.29, 0.717) is 22.6 Å². The Labute approximate surface area is 204 Å². The maximum Gasteiger partial charge on any atom is 0.200 e. The van der Waals surface area contributed by atoms with Gasteiger partial charge in [0.2, 0.25) is 5.75 Å². The highest BCUT2D eigenvalue weighted by Crippen LogP contribution is 2.45. The summed E-state index contributed by atoms with van der Waals surface area (Å²) in [6.45, 7) is -0.385. The van der Waals surface area contributed by atoms with Crippen LogP contribution in [-0.2, 0) is 0 Å². The van der Waals surface area contributed by atoms with Crippen molar-refractivity contribution in [3.8, 4) is 51.6 Å². The molecule has 5 rings (SSSR count). The van der Waals surface area contributed by atoms with E-state index in [-0.39, 0.29) is 52.1 Å². The van der Waals surface area contributed by atoms with Crippen LogP contribution >= 0.6 is 0 Å². The highest BCUT2D eigenvalue weighted by atomic mass is 16.6. The molecule has 0 amide bonds. The number of methoxy groups -OCH3 is 2. The molecule has 4 aromatic rings. The molecule has 4 N–H and O–H groups in total. The number of fused-ring (bicyclic) bond motifs is 2. The van der Waals surface area contributed by atoms with Crippen molar-refractivity contribution in [3.63, 3.8) is 0 Å². The number of phenolic OH excluding ortho intramolecular Hbond substituents is 3. The summed E-state index contributed by atoms with van der Waals surface area (Å²) in [5, 5.41) is 40.0. The van der Waals surface area contributed by atoms with Crippen LogP contribution in [0.3, 0.4) is 0 Å². The molecule has 0 aliphatic carbocycles. The van der Waals surface area contributed by atoms with Gasteiger partial charge in [-0.25, -0.2) is 0 Å². The first-order valence-corrected chi connectivity index (χ1v) is 10.9. The predicted molar refractivity (Wildman–Crippen MR) is 127 cm³/mol. The topological polar surface area (TPSA) is 148 Å². The summed E-state index contributed by atoms with van der Waals surface area (Å²) in [7, 11) is 2.81. The fraction of sp³-hybridized carbons (Fsp3) is 0.192. The van der Waals surface area contributed by atoms with Crippen LogP contribution in [0.25, 0.3) is 22.3 Å². The molecule has 1 aliphatic heterocycles. The number of aliphatic hydroxyl groups excluding tert-OH is 1. The van der Waals surface area contributed by atoms with Crippen LogP contribution in [0.1, 0.15) is 11.7 Å². The molecule has 0 bridgehead atoms. The second kappa shape index (κ2) is 8.90. The SMILES string of the molecule is COc1cc([C@H]2Oc3ccc(-c4cc(=O)c5c(O)cc(O)cc5o4)cc3O[C@@H]2CO)cc(OC)c1O. The van der Waals surface area contributed by atoms with Crippen molar-refractivity contribution in [3.05, 3.63) is 64.3 Å². The van der Waals surface area contributed by atoms with Crippen LogP contribution in [0.4, 0.5) is 0 Å². The van der Waals surface area contributed by atoms with Gasteiger partial charge in [0.05, 0.1) is 20.8 Å². The average Bonchev–Trinajstić information content (AvgIpc) is 2.87. The molecule has 0 saturated heterocycles. The average molecular weight is 494 g/mol. The van der Waals surface area contributed by atoms with E-state index in [0.717, 1.165) is 6.07 Å². The Morgan fingerprint density at radius 1 is 0.889 bits per heavy atom. The first-order valence-electron chi connectivity index (χ1n) is 10.9. The molecule has 3 aromatic carbocycles. The lowest BCUT2D eigenvalue weighted by Gasteiger charge is -2.33. The largest absolute Gasteiger partial charge is 0.508 e. The summed E-state index contributed by atoms with van der Waals surface area (Å²) < 4.78 is 28.4. The van der Waals surface area contributed by atoms with Crippen molar-refractivity contribution in [2.45, 2.75) is 12.2 Å². The zero-order valence-corrected chi connectivity index (χ0v) is 19.2. The van der Waals surface area contributed by atoms with E-state index < -0.39 is 17.6 Å². The second-order valence-corrected chi connectivity index (χ2v) is 8.13. The standard InChI is InChI=1S/C26H22O10/c1-32-21-6-13(7-22(33-2)25(21)31)26-23(11-27)35-19-5-12(3-4-17(19)36-26)18-10-16(30)24-15(29)8-14(28)9-20(24)34-18/h3-10,23,26-29,31H,11H2,1-2H3/t23-,26-/m1/s1. The molecule has 10 heteroatoms. The highest BCUT2D eigenvalue weighted by Gasteiger charge is 2.34. The van der Waals surface area contributed by atoms with Crippen molar-refractivity contribution in [1.29, 1.82) is 0 Å². The molecular weight excluding hydrogens is 472 g/mol. The molecule has 0 fully saturated rings. The van der Waals surface area contributed by atoms with Gasteiger partial charge in [-0.15, -0.1) is 0 Å². The molecule has 0 radical (unpaired) electrons. The van der Waals surface area contributed by atoms with Gasteiger partial charge in [-0.1, -0.05) is 0 Å². The highest BCUT2D eigenvalue weighted by molar-refractivity contribution is 5.86. The number of phenols is 3. The molecule has 0 spiro atoms. The number of aromatic hydroxyl groups is 3. The normalized spacial score (nSPS) is 16.6. The molecule has 2 atom stereocenters. The molecule has 1 aliphatic rings. The summed E-state index contributed by atoms with van der Waals surface area (Å²) in [5.74, 6) is 0.418. The summed E-state index contributed by atoms with van der Waals surface area (Å²) in [6, 6.07) is 11.6. The van der Waals surface area contributed by atoms with Crippen LogP contribution in [0.5, 0.6) is 40.2 Å². The minimum absolute atomic E-state index is 0.0217. The molecule has 2 heterocycles. The van der Waals surface area contributed by atoms with E-state index in [1.165, 1.54) is 26.4 Å². The number of hydrogen-bond acceptors (Lipinski definition) is 10. The third-order valence-corrected chi connectivity index (χ3v) is 5.90. The fourth-order valence-corrected chi connectivity index (χ4v) is 4.18. The summed E-state index contributed by atoms with van der Waals surface area (Å²) >= 11 is 0. The molecular formula is C26H22O10. The number of hydrogen-bond donors (Lipinski definition) is 4. The monoisotopic (exact) mass is 494 g/mol. The van der Waals surface area contributed by atoms with Gasteiger partial charge in [0.15, 0.2) is 40.6 Å². The van der Waals surface area contributed by atoms with Crippen molar-refractivity contribution < 1.29 is 43.8 Å². The molecule has 0 unspecified atom stereocenters. The van der Waals surface area contributed by atoms with Crippen molar-refractivity contribution in [2.75, 3.05) is 20.8 Å². The molecule has 36 heavy (non-hydrogen) atoms. The third-order valence-electron chi connectivity index (χ3n) is 5.90. The summed E-state index contributed by atoms with van der Waals surface area (Å²) in [6.07, 6.45) is -1.56. The van der Waals surface area contributed by atoms with Crippen molar-refractivity contribution in [2.24, 2.45) is 0 Å². The van der Waals surface area contributed by atoms with E-state index in [2.05, 4.69) is 0 Å². The first-order chi connectivity index (χ1) is 17.3. The Morgan fingerprint density at radius 3 is 2.28 bits per heavy atom. The zero-order chi connectivity index (χ0) is 25.6. The lowest BCUT2D eigenvalue weighted by Crippen LogP contribution is -2.36. The van der Waals surface area contributed by atoms with Gasteiger partial charge in [-0.3, -0.25) is 4.79 Å². The van der Waals surface area contributed by atoms with Crippen molar-refractivity contribution in [1.82, 2.24) is 0 Å². The molecule has 1 aromatic heterocycles. The zero-order valence-electron chi connectivity index (χ0n) is 19.2. The quantitative estimate of drug-likeness (QED) is 0.325. The van der Waals surface area contributed by atoms with Crippen LogP contribution in [-0.4, -0.2) is 47.4 Å². The Bertz CT molecular complexity index is 1500. The molecule has 186 valence electrons. The smallest absolute Gasteiger partial charge is 0.200 e. The maximum absolute atomic E-state index is 12.6. The molecule has 0 saturated carbocycles. The first kappa shape index (κ1) is 23.2. The Kier molecular flexibility index (Phi) is 5.73. The van der Waals surface area contributed by atoms with E-state index in [1.807, 2.05) is 0 Å². The van der Waals surface area contributed by atoms with E-state index in [4.69, 9.17) is 23.4 Å². The van der Waals surface area contributed by atoms with Crippen LogP contribution in [0.15, 0.2) is 57.7 Å².